The normalized spacial score (nSPS) is 10.7. The molecule has 2 rings (SSSR count). The van der Waals surface area contributed by atoms with Crippen LogP contribution >= 0.6 is 12.2 Å². The van der Waals surface area contributed by atoms with Crippen LogP contribution in [0.15, 0.2) is 42.1 Å². The zero-order chi connectivity index (χ0) is 19.1. The second-order valence-electron chi connectivity index (χ2n) is 4.89. The number of nitro groups is 1. The zero-order valence-electron chi connectivity index (χ0n) is 13.7. The lowest BCUT2D eigenvalue weighted by atomic mass is 10.1. The molecule has 0 saturated heterocycles. The molecule has 26 heavy (non-hydrogen) atoms. The Balaban J connectivity index is 2.32. The molecule has 0 bridgehead atoms. The third kappa shape index (κ3) is 4.75. The van der Waals surface area contributed by atoms with E-state index in [4.69, 9.17) is 32.7 Å². The number of nitrogens with zero attached hydrogens (tertiary/aromatic N) is 3. The summed E-state index contributed by atoms with van der Waals surface area (Å²) < 4.78 is 11.2. The fraction of sp³-hybridized carbons (Fsp3) is 0.118. The van der Waals surface area contributed by atoms with E-state index in [1.807, 2.05) is 13.0 Å². The van der Waals surface area contributed by atoms with Gasteiger partial charge in [-0.2, -0.15) is 5.26 Å². The van der Waals surface area contributed by atoms with E-state index in [1.165, 1.54) is 12.1 Å². The van der Waals surface area contributed by atoms with Gasteiger partial charge in [-0.1, -0.05) is 18.3 Å². The van der Waals surface area contributed by atoms with E-state index >= 15 is 0 Å². The fourth-order valence-corrected chi connectivity index (χ4v) is 2.05. The van der Waals surface area contributed by atoms with Crippen LogP contribution < -0.4 is 15.2 Å². The number of hydrogen-bond donors (Lipinski definition) is 1. The molecule has 2 aromatic rings. The number of hydrogen-bond acceptors (Lipinski definition) is 7. The standard InChI is InChI=1S/C17H14N4O4S/c1-2-24-15-8-11(7-12(9-18)17(19)26)3-5-14(15)25-16-6-4-13(10-20-16)21(22)23/h3-8,10H,2H2,1H3,(H2,19,26). The Hall–Kier alpha value is -3.51. The van der Waals surface area contributed by atoms with Crippen molar-refractivity contribution in [3.63, 3.8) is 0 Å². The molecule has 0 amide bonds. The molecule has 9 heteroatoms. The molecule has 0 unspecified atom stereocenters. The van der Waals surface area contributed by atoms with Gasteiger partial charge in [-0.05, 0) is 30.7 Å². The predicted molar refractivity (Wildman–Crippen MR) is 99.0 cm³/mol. The van der Waals surface area contributed by atoms with E-state index in [0.717, 1.165) is 6.20 Å². The molecule has 0 aliphatic carbocycles. The van der Waals surface area contributed by atoms with Crippen molar-refractivity contribution in [3.05, 3.63) is 57.8 Å². The van der Waals surface area contributed by atoms with E-state index in [-0.39, 0.29) is 22.1 Å². The van der Waals surface area contributed by atoms with Crippen LogP contribution in [0.4, 0.5) is 5.69 Å². The Morgan fingerprint density at radius 3 is 2.73 bits per heavy atom. The average molecular weight is 370 g/mol. The van der Waals surface area contributed by atoms with Crippen molar-refractivity contribution in [1.82, 2.24) is 4.98 Å². The minimum Gasteiger partial charge on any atom is -0.490 e. The van der Waals surface area contributed by atoms with Crippen molar-refractivity contribution in [2.75, 3.05) is 6.61 Å². The van der Waals surface area contributed by atoms with Crippen LogP contribution in [0.2, 0.25) is 0 Å². The van der Waals surface area contributed by atoms with Gasteiger partial charge in [0.1, 0.15) is 17.3 Å². The first kappa shape index (κ1) is 18.8. The minimum absolute atomic E-state index is 0.000802. The third-order valence-corrected chi connectivity index (χ3v) is 3.33. The van der Waals surface area contributed by atoms with Gasteiger partial charge in [-0.25, -0.2) is 4.98 Å². The summed E-state index contributed by atoms with van der Waals surface area (Å²) in [4.78, 5) is 14.0. The van der Waals surface area contributed by atoms with Crippen molar-refractivity contribution < 1.29 is 14.4 Å². The highest BCUT2D eigenvalue weighted by molar-refractivity contribution is 7.80. The summed E-state index contributed by atoms with van der Waals surface area (Å²) >= 11 is 4.82. The van der Waals surface area contributed by atoms with Crippen molar-refractivity contribution in [3.8, 4) is 23.4 Å². The van der Waals surface area contributed by atoms with E-state index in [1.54, 1.807) is 24.3 Å². The van der Waals surface area contributed by atoms with E-state index in [9.17, 15) is 10.1 Å². The number of aromatic nitrogens is 1. The van der Waals surface area contributed by atoms with Crippen LogP contribution in [0.25, 0.3) is 6.08 Å². The molecule has 0 saturated carbocycles. The lowest BCUT2D eigenvalue weighted by molar-refractivity contribution is -0.385. The second kappa shape index (κ2) is 8.55. The minimum atomic E-state index is -0.543. The number of pyridine rings is 1. The smallest absolute Gasteiger partial charge is 0.287 e. The number of benzene rings is 1. The topological polar surface area (TPSA) is 124 Å². The van der Waals surface area contributed by atoms with Gasteiger partial charge in [0.05, 0.1) is 17.1 Å². The molecule has 1 aromatic carbocycles. The first-order valence-electron chi connectivity index (χ1n) is 7.41. The summed E-state index contributed by atoms with van der Waals surface area (Å²) in [6, 6.07) is 9.61. The summed E-state index contributed by atoms with van der Waals surface area (Å²) in [7, 11) is 0. The van der Waals surface area contributed by atoms with Crippen molar-refractivity contribution in [2.24, 2.45) is 5.73 Å². The lowest BCUT2D eigenvalue weighted by Gasteiger charge is -2.11. The van der Waals surface area contributed by atoms with Gasteiger partial charge in [0.15, 0.2) is 11.5 Å². The second-order valence-corrected chi connectivity index (χ2v) is 5.33. The van der Waals surface area contributed by atoms with Gasteiger partial charge in [0.25, 0.3) is 5.69 Å². The molecule has 0 spiro atoms. The summed E-state index contributed by atoms with van der Waals surface area (Å²) in [6.45, 7) is 2.20. The Kier molecular flexibility index (Phi) is 6.19. The Morgan fingerprint density at radius 2 is 2.19 bits per heavy atom. The van der Waals surface area contributed by atoms with Crippen LogP contribution in [0, 0.1) is 21.4 Å². The molecule has 132 valence electrons. The van der Waals surface area contributed by atoms with Gasteiger partial charge < -0.3 is 15.2 Å². The molecule has 0 radical (unpaired) electrons. The van der Waals surface area contributed by atoms with Crippen LogP contribution in [0.5, 0.6) is 17.4 Å². The van der Waals surface area contributed by atoms with Crippen molar-refractivity contribution >= 4 is 29.0 Å². The van der Waals surface area contributed by atoms with Gasteiger partial charge in [0.2, 0.25) is 5.88 Å². The summed E-state index contributed by atoms with van der Waals surface area (Å²) in [5.41, 5.74) is 6.18. The fourth-order valence-electron chi connectivity index (χ4n) is 1.95. The molecule has 1 aromatic heterocycles. The Labute approximate surface area is 154 Å². The van der Waals surface area contributed by atoms with E-state index in [0.29, 0.717) is 23.7 Å². The summed E-state index contributed by atoms with van der Waals surface area (Å²) in [6.07, 6.45) is 2.65. The molecule has 8 nitrogen and oxygen atoms in total. The predicted octanol–water partition coefficient (Wildman–Crippen LogP) is 3.37. The molecule has 0 atom stereocenters. The SMILES string of the molecule is CCOc1cc(C=C(C#N)C(N)=S)ccc1Oc1ccc([N+](=O)[O-])cn1. The molecule has 0 aliphatic heterocycles. The molecular formula is C17H14N4O4S. The van der Waals surface area contributed by atoms with Crippen LogP contribution in [0.1, 0.15) is 12.5 Å². The summed E-state index contributed by atoms with van der Waals surface area (Å²) in [5.74, 6) is 0.974. The third-order valence-electron chi connectivity index (χ3n) is 3.11. The first-order chi connectivity index (χ1) is 12.4. The number of nitrogens with two attached hydrogens (primary N) is 1. The number of nitriles is 1. The van der Waals surface area contributed by atoms with Gasteiger partial charge in [0, 0.05) is 12.1 Å². The maximum Gasteiger partial charge on any atom is 0.287 e. The van der Waals surface area contributed by atoms with Gasteiger partial charge >= 0.3 is 0 Å². The number of rotatable bonds is 7. The van der Waals surface area contributed by atoms with Crippen molar-refractivity contribution in [2.45, 2.75) is 6.92 Å². The highest BCUT2D eigenvalue weighted by Crippen LogP contribution is 2.33. The molecule has 1 heterocycles. The van der Waals surface area contributed by atoms with Crippen LogP contribution in [-0.2, 0) is 0 Å². The van der Waals surface area contributed by atoms with Crippen LogP contribution in [-0.4, -0.2) is 21.5 Å². The number of thiocarbonyl (C=S) groups is 1. The molecular weight excluding hydrogens is 356 g/mol. The van der Waals surface area contributed by atoms with Crippen LogP contribution in [0.3, 0.4) is 0 Å². The summed E-state index contributed by atoms with van der Waals surface area (Å²) in [5, 5.41) is 19.7. The largest absolute Gasteiger partial charge is 0.490 e. The maximum atomic E-state index is 10.7. The van der Waals surface area contributed by atoms with Gasteiger partial charge in [-0.3, -0.25) is 10.1 Å². The quantitative estimate of drug-likeness (QED) is 0.258. The zero-order valence-corrected chi connectivity index (χ0v) is 14.5. The first-order valence-corrected chi connectivity index (χ1v) is 7.82. The Bertz CT molecular complexity index is 904. The molecule has 0 aliphatic rings. The average Bonchev–Trinajstić information content (AvgIpc) is 2.62. The molecule has 0 fully saturated rings. The molecule has 2 N–H and O–H groups in total. The van der Waals surface area contributed by atoms with Gasteiger partial charge in [-0.15, -0.1) is 0 Å². The van der Waals surface area contributed by atoms with E-state index < -0.39 is 4.92 Å². The maximum absolute atomic E-state index is 10.7. The lowest BCUT2D eigenvalue weighted by Crippen LogP contribution is -2.09. The highest BCUT2D eigenvalue weighted by Gasteiger charge is 2.11. The highest BCUT2D eigenvalue weighted by atomic mass is 32.1. The van der Waals surface area contributed by atoms with Crippen molar-refractivity contribution in [1.29, 1.82) is 5.26 Å². The Morgan fingerprint density at radius 1 is 1.42 bits per heavy atom. The van der Waals surface area contributed by atoms with E-state index in [2.05, 4.69) is 4.98 Å². The number of ether oxygens (including phenoxy) is 2. The monoisotopic (exact) mass is 370 g/mol.